The van der Waals surface area contributed by atoms with Gasteiger partial charge in [-0.3, -0.25) is 14.6 Å². The normalized spacial score (nSPS) is 16.3. The van der Waals surface area contributed by atoms with Crippen LogP contribution in [0.1, 0.15) is 91.9 Å². The summed E-state index contributed by atoms with van der Waals surface area (Å²) in [5.41, 5.74) is 6.04. The average molecular weight is 406 g/mol. The van der Waals surface area contributed by atoms with Gasteiger partial charge in [-0.1, -0.05) is 66.2 Å². The topological polar surface area (TPSA) is 75.8 Å². The van der Waals surface area contributed by atoms with Crippen LogP contribution in [0.5, 0.6) is 0 Å². The van der Waals surface area contributed by atoms with Gasteiger partial charge in [0.2, 0.25) is 5.91 Å². The zero-order valence-corrected chi connectivity index (χ0v) is 19.2. The zero-order valence-electron chi connectivity index (χ0n) is 19.2. The molecule has 5 heteroatoms. The van der Waals surface area contributed by atoms with E-state index in [9.17, 15) is 9.59 Å². The Balaban J connectivity index is 2.20. The summed E-state index contributed by atoms with van der Waals surface area (Å²) in [6.45, 7) is 9.80. The first-order chi connectivity index (χ1) is 13.8. The van der Waals surface area contributed by atoms with Crippen LogP contribution in [0.3, 0.4) is 0 Å². The molecule has 29 heavy (non-hydrogen) atoms. The first-order valence-electron chi connectivity index (χ1n) is 11.6. The third-order valence-electron chi connectivity index (χ3n) is 5.65. The number of allylic oxidation sites excluding steroid dienone is 1. The van der Waals surface area contributed by atoms with Crippen LogP contribution in [-0.4, -0.2) is 41.9 Å². The van der Waals surface area contributed by atoms with Gasteiger partial charge < -0.3 is 10.6 Å². The van der Waals surface area contributed by atoms with E-state index in [-0.39, 0.29) is 23.7 Å². The van der Waals surface area contributed by atoms with E-state index in [1.807, 2.05) is 18.7 Å². The van der Waals surface area contributed by atoms with Gasteiger partial charge in [0.05, 0.1) is 11.6 Å². The molecule has 1 saturated heterocycles. The number of aliphatic imine (C=N–C) groups is 1. The van der Waals surface area contributed by atoms with Gasteiger partial charge in [-0.25, -0.2) is 0 Å². The van der Waals surface area contributed by atoms with Crippen LogP contribution in [0.25, 0.3) is 0 Å². The van der Waals surface area contributed by atoms with E-state index in [0.717, 1.165) is 44.7 Å². The molecule has 0 aromatic rings. The lowest BCUT2D eigenvalue weighted by atomic mass is 10.0. The van der Waals surface area contributed by atoms with Crippen LogP contribution in [0.4, 0.5) is 0 Å². The largest absolute Gasteiger partial charge is 0.404 e. The Morgan fingerprint density at radius 1 is 1.00 bits per heavy atom. The number of carbonyl (C=O) groups excluding carboxylic acids is 2. The molecule has 1 rings (SSSR count). The van der Waals surface area contributed by atoms with E-state index in [1.54, 1.807) is 6.21 Å². The van der Waals surface area contributed by atoms with E-state index in [1.165, 1.54) is 38.3 Å². The summed E-state index contributed by atoms with van der Waals surface area (Å²) < 4.78 is 0. The summed E-state index contributed by atoms with van der Waals surface area (Å²) in [5.74, 6) is 1.02. The summed E-state index contributed by atoms with van der Waals surface area (Å²) in [5, 5.41) is 0. The Bertz CT molecular complexity index is 544. The third-order valence-corrected chi connectivity index (χ3v) is 5.65. The van der Waals surface area contributed by atoms with Gasteiger partial charge in [0.1, 0.15) is 0 Å². The fraction of sp³-hybridized carbons (Fsp3) is 0.792. The predicted octanol–water partition coefficient (Wildman–Crippen LogP) is 4.89. The molecule has 0 atom stereocenters. The molecule has 0 aromatic heterocycles. The first kappa shape index (κ1) is 25.4. The molecule has 0 aliphatic carbocycles. The molecule has 1 heterocycles. The van der Waals surface area contributed by atoms with Gasteiger partial charge in [0, 0.05) is 37.8 Å². The van der Waals surface area contributed by atoms with Crippen LogP contribution in [0.2, 0.25) is 0 Å². The van der Waals surface area contributed by atoms with Crippen molar-refractivity contribution < 1.29 is 9.59 Å². The van der Waals surface area contributed by atoms with Gasteiger partial charge in [0.25, 0.3) is 0 Å². The number of amides is 1. The predicted molar refractivity (Wildman–Crippen MR) is 122 cm³/mol. The molecule has 1 amide bonds. The van der Waals surface area contributed by atoms with Crippen LogP contribution < -0.4 is 5.73 Å². The van der Waals surface area contributed by atoms with Gasteiger partial charge in [-0.2, -0.15) is 0 Å². The maximum Gasteiger partial charge on any atom is 0.222 e. The Morgan fingerprint density at radius 2 is 1.59 bits per heavy atom. The number of hydrogen-bond acceptors (Lipinski definition) is 4. The lowest BCUT2D eigenvalue weighted by Gasteiger charge is -2.30. The zero-order chi connectivity index (χ0) is 21.6. The van der Waals surface area contributed by atoms with Crippen LogP contribution in [0, 0.1) is 11.8 Å². The molecular weight excluding hydrogens is 362 g/mol. The van der Waals surface area contributed by atoms with E-state index in [0.29, 0.717) is 12.0 Å². The van der Waals surface area contributed by atoms with E-state index >= 15 is 0 Å². The second-order valence-electron chi connectivity index (χ2n) is 9.08. The number of carbonyl (C=O) groups is 2. The molecule has 0 unspecified atom stereocenters. The van der Waals surface area contributed by atoms with Gasteiger partial charge in [-0.15, -0.1) is 0 Å². The first-order valence-corrected chi connectivity index (χ1v) is 11.6. The Morgan fingerprint density at radius 3 is 2.14 bits per heavy atom. The maximum absolute atomic E-state index is 12.4. The van der Waals surface area contributed by atoms with Crippen molar-refractivity contribution in [3.63, 3.8) is 0 Å². The lowest BCUT2D eigenvalue weighted by Crippen LogP contribution is -2.39. The fourth-order valence-electron chi connectivity index (χ4n) is 3.67. The molecular formula is C24H43N3O2. The van der Waals surface area contributed by atoms with Gasteiger partial charge >= 0.3 is 0 Å². The third kappa shape index (κ3) is 10.6. The second-order valence-corrected chi connectivity index (χ2v) is 9.08. The van der Waals surface area contributed by atoms with E-state index in [4.69, 9.17) is 5.73 Å². The summed E-state index contributed by atoms with van der Waals surface area (Å²) >= 11 is 0. The Kier molecular flexibility index (Phi) is 12.6. The maximum atomic E-state index is 12.4. The number of unbranched alkanes of at least 4 members (excludes halogenated alkanes) is 5. The van der Waals surface area contributed by atoms with Crippen molar-refractivity contribution in [1.82, 2.24) is 4.90 Å². The number of rotatable bonds is 13. The number of piperidine rings is 1. The fourth-order valence-corrected chi connectivity index (χ4v) is 3.67. The van der Waals surface area contributed by atoms with Gasteiger partial charge in [-0.05, 0) is 25.2 Å². The quantitative estimate of drug-likeness (QED) is 0.269. The monoisotopic (exact) mass is 405 g/mol. The minimum absolute atomic E-state index is 0.0174. The minimum Gasteiger partial charge on any atom is -0.404 e. The highest BCUT2D eigenvalue weighted by Gasteiger charge is 2.22. The minimum atomic E-state index is -0.0873. The van der Waals surface area contributed by atoms with Crippen LogP contribution in [0.15, 0.2) is 16.8 Å². The molecule has 2 N–H and O–H groups in total. The lowest BCUT2D eigenvalue weighted by molar-refractivity contribution is -0.132. The molecule has 166 valence electrons. The number of nitrogens with two attached hydrogens (primary N) is 1. The molecule has 1 aliphatic rings. The Hall–Kier alpha value is -1.65. The number of hydrogen-bond donors (Lipinski definition) is 1. The number of Topliss-reactive ketones (excluding diaryl/α,β-unsaturated/α-hetero) is 1. The summed E-state index contributed by atoms with van der Waals surface area (Å²) in [7, 11) is 0. The van der Waals surface area contributed by atoms with Crippen molar-refractivity contribution >= 4 is 17.9 Å². The molecule has 0 radical (unpaired) electrons. The highest BCUT2D eigenvalue weighted by atomic mass is 16.2. The molecule has 0 saturated carbocycles. The van der Waals surface area contributed by atoms with Crippen molar-refractivity contribution in [1.29, 1.82) is 0 Å². The average Bonchev–Trinajstić information content (AvgIpc) is 2.70. The van der Waals surface area contributed by atoms with E-state index < -0.39 is 0 Å². The van der Waals surface area contributed by atoms with Gasteiger partial charge in [0.15, 0.2) is 5.78 Å². The standard InChI is InChI=1S/C24H43N3O2/c1-19(2)11-9-7-5-6-8-10-12-23(28)27-15-13-22(14-16-27)26-18-21(17-25)24(29)20(3)4/h17-20,22H,5-16,25H2,1-4H3/b21-17+,26-18?. The number of nitrogens with zero attached hydrogens (tertiary/aromatic N) is 2. The number of likely N-dealkylation sites (tertiary alicyclic amines) is 1. The molecule has 0 spiro atoms. The van der Waals surface area contributed by atoms with Crippen LogP contribution >= 0.6 is 0 Å². The van der Waals surface area contributed by atoms with Crippen molar-refractivity contribution in [2.75, 3.05) is 13.1 Å². The summed E-state index contributed by atoms with van der Waals surface area (Å²) in [6.07, 6.45) is 14.0. The highest BCUT2D eigenvalue weighted by Crippen LogP contribution is 2.17. The smallest absolute Gasteiger partial charge is 0.222 e. The molecule has 5 nitrogen and oxygen atoms in total. The Labute approximate surface area is 178 Å². The number of ketones is 1. The van der Waals surface area contributed by atoms with Crippen molar-refractivity contribution in [3.8, 4) is 0 Å². The van der Waals surface area contributed by atoms with Crippen molar-refractivity contribution in [2.24, 2.45) is 22.6 Å². The summed E-state index contributed by atoms with van der Waals surface area (Å²) in [4.78, 5) is 31.0. The SMILES string of the molecule is CC(C)CCCCCCCCC(=O)N1CCC(N=C/C(=C\N)C(=O)C(C)C)CC1. The molecule has 1 fully saturated rings. The molecule has 0 aromatic carbocycles. The van der Waals surface area contributed by atoms with Crippen LogP contribution in [-0.2, 0) is 9.59 Å². The second kappa shape index (κ2) is 14.4. The van der Waals surface area contributed by atoms with Crippen molar-refractivity contribution in [2.45, 2.75) is 97.9 Å². The molecule has 1 aliphatic heterocycles. The highest BCUT2D eigenvalue weighted by molar-refractivity contribution is 6.13. The van der Waals surface area contributed by atoms with E-state index in [2.05, 4.69) is 18.8 Å². The molecule has 0 bridgehead atoms. The van der Waals surface area contributed by atoms with Crippen molar-refractivity contribution in [3.05, 3.63) is 11.8 Å². The summed E-state index contributed by atoms with van der Waals surface area (Å²) in [6, 6.07) is 0.166.